The van der Waals surface area contributed by atoms with Crippen LogP contribution in [0.1, 0.15) is 11.1 Å². The molecule has 0 atom stereocenters. The van der Waals surface area contributed by atoms with Crippen LogP contribution in [0.25, 0.3) is 10.2 Å². The van der Waals surface area contributed by atoms with Gasteiger partial charge in [0.1, 0.15) is 0 Å². The second-order valence-corrected chi connectivity index (χ2v) is 8.21. The van der Waals surface area contributed by atoms with Crippen molar-refractivity contribution in [2.24, 2.45) is 7.05 Å². The number of fused-ring (bicyclic) bond motifs is 1. The summed E-state index contributed by atoms with van der Waals surface area (Å²) < 4.78 is 29.9. The van der Waals surface area contributed by atoms with Crippen LogP contribution in [0.5, 0.6) is 0 Å². The highest BCUT2D eigenvalue weighted by atomic mass is 32.2. The fraction of sp³-hybridized carbons (Fsp3) is 0.188. The van der Waals surface area contributed by atoms with Gasteiger partial charge in [0, 0.05) is 12.7 Å². The van der Waals surface area contributed by atoms with Gasteiger partial charge in [0.2, 0.25) is 0 Å². The molecule has 0 bridgehead atoms. The van der Waals surface area contributed by atoms with E-state index in [-0.39, 0.29) is 9.77 Å². The van der Waals surface area contributed by atoms with Crippen LogP contribution in [0, 0.1) is 13.8 Å². The molecule has 0 fully saturated rings. The Morgan fingerprint density at radius 1 is 1.04 bits per heavy atom. The number of thiazole rings is 1. The summed E-state index contributed by atoms with van der Waals surface area (Å²) in [4.78, 5) is 11.7. The molecule has 0 aliphatic heterocycles. The zero-order chi connectivity index (χ0) is 16.8. The van der Waals surface area contributed by atoms with Crippen molar-refractivity contribution in [3.63, 3.8) is 0 Å². The first-order valence-corrected chi connectivity index (χ1v) is 9.27. The number of sulfonamides is 1. The van der Waals surface area contributed by atoms with Gasteiger partial charge in [0.15, 0.2) is 0 Å². The number of aromatic nitrogens is 1. The number of hydrogen-bond donors (Lipinski definition) is 1. The quantitative estimate of drug-likeness (QED) is 0.791. The lowest BCUT2D eigenvalue weighted by molar-refractivity contribution is 0.601. The summed E-state index contributed by atoms with van der Waals surface area (Å²) in [5.41, 5.74) is 3.23. The van der Waals surface area contributed by atoms with Gasteiger partial charge in [-0.3, -0.25) is 9.52 Å². The minimum atomic E-state index is -3.70. The molecule has 0 radical (unpaired) electrons. The highest BCUT2D eigenvalue weighted by Crippen LogP contribution is 2.23. The Balaban J connectivity index is 2.03. The van der Waals surface area contributed by atoms with Crippen LogP contribution in [0.3, 0.4) is 0 Å². The number of hydrogen-bond acceptors (Lipinski definition) is 4. The van der Waals surface area contributed by atoms with Crippen LogP contribution in [0.15, 0.2) is 46.1 Å². The molecule has 2 aromatic carbocycles. The monoisotopic (exact) mass is 348 g/mol. The van der Waals surface area contributed by atoms with E-state index in [0.29, 0.717) is 10.4 Å². The van der Waals surface area contributed by atoms with Crippen molar-refractivity contribution < 1.29 is 8.42 Å². The van der Waals surface area contributed by atoms with Gasteiger partial charge in [0.25, 0.3) is 10.0 Å². The van der Waals surface area contributed by atoms with Crippen molar-refractivity contribution in [2.45, 2.75) is 18.7 Å². The predicted molar refractivity (Wildman–Crippen MR) is 93.8 cm³/mol. The highest BCUT2D eigenvalue weighted by Gasteiger charge is 2.16. The minimum absolute atomic E-state index is 0.114. The fourth-order valence-corrected chi connectivity index (χ4v) is 4.59. The average molecular weight is 348 g/mol. The lowest BCUT2D eigenvalue weighted by Crippen LogP contribution is -2.13. The smallest absolute Gasteiger partial charge is 0.302 e. The average Bonchev–Trinajstić information content (AvgIpc) is 2.72. The van der Waals surface area contributed by atoms with Gasteiger partial charge in [-0.05, 0) is 55.3 Å². The lowest BCUT2D eigenvalue weighted by atomic mass is 10.1. The molecule has 5 nitrogen and oxygen atoms in total. The second-order valence-electron chi connectivity index (χ2n) is 5.54. The Morgan fingerprint density at radius 3 is 2.35 bits per heavy atom. The van der Waals surface area contributed by atoms with Crippen LogP contribution >= 0.6 is 11.3 Å². The SMILES string of the molecule is Cc1cc(C)cc(NS(=O)(=O)c2ccc3c(c2)sc(=O)n3C)c1. The maximum Gasteiger partial charge on any atom is 0.307 e. The molecule has 0 saturated carbocycles. The molecule has 1 aromatic heterocycles. The van der Waals surface area contributed by atoms with Crippen molar-refractivity contribution in [2.75, 3.05) is 4.72 Å². The van der Waals surface area contributed by atoms with E-state index in [1.54, 1.807) is 25.2 Å². The van der Waals surface area contributed by atoms with E-state index in [0.717, 1.165) is 28.0 Å². The van der Waals surface area contributed by atoms with Crippen LogP contribution < -0.4 is 9.60 Å². The molecule has 23 heavy (non-hydrogen) atoms. The molecular formula is C16H16N2O3S2. The van der Waals surface area contributed by atoms with Gasteiger partial charge < -0.3 is 4.57 Å². The zero-order valence-electron chi connectivity index (χ0n) is 13.0. The maximum absolute atomic E-state index is 12.6. The summed E-state index contributed by atoms with van der Waals surface area (Å²) in [6, 6.07) is 10.2. The molecule has 0 spiro atoms. The first-order chi connectivity index (χ1) is 10.8. The van der Waals surface area contributed by atoms with E-state index in [2.05, 4.69) is 4.72 Å². The van der Waals surface area contributed by atoms with E-state index in [9.17, 15) is 13.2 Å². The summed E-state index contributed by atoms with van der Waals surface area (Å²) in [7, 11) is -2.03. The maximum atomic E-state index is 12.6. The zero-order valence-corrected chi connectivity index (χ0v) is 14.6. The molecule has 1 heterocycles. The van der Waals surface area contributed by atoms with Gasteiger partial charge >= 0.3 is 4.87 Å². The summed E-state index contributed by atoms with van der Waals surface area (Å²) in [5, 5.41) is 0. The Morgan fingerprint density at radius 2 is 1.70 bits per heavy atom. The van der Waals surface area contributed by atoms with Crippen molar-refractivity contribution in [1.82, 2.24) is 4.57 Å². The van der Waals surface area contributed by atoms with Crippen molar-refractivity contribution >= 4 is 37.3 Å². The molecule has 3 rings (SSSR count). The van der Waals surface area contributed by atoms with Gasteiger partial charge in [0.05, 0.1) is 15.1 Å². The van der Waals surface area contributed by atoms with Crippen molar-refractivity contribution in [1.29, 1.82) is 0 Å². The van der Waals surface area contributed by atoms with Crippen molar-refractivity contribution in [3.05, 3.63) is 57.2 Å². The number of rotatable bonds is 3. The summed E-state index contributed by atoms with van der Waals surface area (Å²) in [5.74, 6) is 0. The highest BCUT2D eigenvalue weighted by molar-refractivity contribution is 7.92. The van der Waals surface area contributed by atoms with Crippen LogP contribution in [0.4, 0.5) is 5.69 Å². The number of nitrogens with zero attached hydrogens (tertiary/aromatic N) is 1. The molecule has 1 N–H and O–H groups in total. The molecule has 0 aliphatic rings. The Kier molecular flexibility index (Phi) is 3.77. The normalized spacial score (nSPS) is 11.8. The fourth-order valence-electron chi connectivity index (χ4n) is 2.53. The molecular weight excluding hydrogens is 332 g/mol. The van der Waals surface area contributed by atoms with Crippen LogP contribution in [-0.4, -0.2) is 13.0 Å². The minimum Gasteiger partial charge on any atom is -0.302 e. The number of anilines is 1. The van der Waals surface area contributed by atoms with Gasteiger partial charge in [-0.1, -0.05) is 17.4 Å². The van der Waals surface area contributed by atoms with Crippen LogP contribution in [-0.2, 0) is 17.1 Å². The van der Waals surface area contributed by atoms with Crippen LogP contribution in [0.2, 0.25) is 0 Å². The molecule has 0 unspecified atom stereocenters. The predicted octanol–water partition coefficient (Wildman–Crippen LogP) is 3.02. The molecule has 7 heteroatoms. The molecule has 3 aromatic rings. The molecule has 120 valence electrons. The summed E-state index contributed by atoms with van der Waals surface area (Å²) in [6.07, 6.45) is 0. The Bertz CT molecular complexity index is 1040. The molecule has 0 aliphatic carbocycles. The topological polar surface area (TPSA) is 68.2 Å². The van der Waals surface area contributed by atoms with E-state index in [1.807, 2.05) is 19.9 Å². The number of aryl methyl sites for hydroxylation is 3. The van der Waals surface area contributed by atoms with Crippen molar-refractivity contribution in [3.8, 4) is 0 Å². The molecule has 0 saturated heterocycles. The standard InChI is InChI=1S/C16H16N2O3S2/c1-10-6-11(2)8-12(7-10)17-23(20,21)13-4-5-14-15(9-13)22-16(19)18(14)3/h4-9,17H,1-3H3. The summed E-state index contributed by atoms with van der Waals surface area (Å²) in [6.45, 7) is 3.83. The first-order valence-electron chi connectivity index (χ1n) is 6.97. The van der Waals surface area contributed by atoms with E-state index in [1.165, 1.54) is 16.7 Å². The number of benzene rings is 2. The molecule has 0 amide bonds. The Labute approximate surface area is 138 Å². The van der Waals surface area contributed by atoms with Gasteiger partial charge in [-0.15, -0.1) is 0 Å². The summed E-state index contributed by atoms with van der Waals surface area (Å²) >= 11 is 1.04. The van der Waals surface area contributed by atoms with E-state index in [4.69, 9.17) is 0 Å². The van der Waals surface area contributed by atoms with Gasteiger partial charge in [-0.2, -0.15) is 0 Å². The first kappa shape index (κ1) is 15.8. The third kappa shape index (κ3) is 3.02. The van der Waals surface area contributed by atoms with E-state index < -0.39 is 10.0 Å². The lowest BCUT2D eigenvalue weighted by Gasteiger charge is -2.10. The van der Waals surface area contributed by atoms with E-state index >= 15 is 0 Å². The largest absolute Gasteiger partial charge is 0.307 e. The Hall–Kier alpha value is -2.12. The van der Waals surface area contributed by atoms with Gasteiger partial charge in [-0.25, -0.2) is 8.42 Å². The third-order valence-electron chi connectivity index (χ3n) is 3.55. The number of nitrogens with one attached hydrogen (secondary N) is 1. The third-order valence-corrected chi connectivity index (χ3v) is 5.92. The second kappa shape index (κ2) is 5.50.